The lowest BCUT2D eigenvalue weighted by atomic mass is 9.83. The Morgan fingerprint density at radius 2 is 1.41 bits per heavy atom. The number of carbonyl (C=O) groups excluding carboxylic acids is 1. The minimum Gasteiger partial charge on any atom is -1.00 e. The number of esters is 1. The molecule has 0 radical (unpaired) electrons. The van der Waals surface area contributed by atoms with E-state index in [1.54, 1.807) is 0 Å². The second-order valence-corrected chi connectivity index (χ2v) is 6.97. The Hall–Kier alpha value is -1.44. The number of carbonyl (C=O) groups is 1. The lowest BCUT2D eigenvalue weighted by Crippen LogP contribution is -3.00. The summed E-state index contributed by atoms with van der Waals surface area (Å²) in [5.41, 5.74) is -0.0235. The molecule has 2 rings (SSSR count). The van der Waals surface area contributed by atoms with Gasteiger partial charge in [-0.25, -0.2) is 0 Å². The number of benzene rings is 2. The molecular weight excluding hydrogens is 453 g/mol. The summed E-state index contributed by atoms with van der Waals surface area (Å²) in [6, 6.07) is 18.6. The zero-order valence-electron chi connectivity index (χ0n) is 16.4. The zero-order valence-corrected chi connectivity index (χ0v) is 18.6. The van der Waals surface area contributed by atoms with Gasteiger partial charge in [-0.05, 0) is 25.0 Å². The monoisotopic (exact) mass is 483 g/mol. The third-order valence-corrected chi connectivity index (χ3v) is 5.32. The molecule has 0 saturated heterocycles. The zero-order chi connectivity index (χ0) is 19.0. The highest BCUT2D eigenvalue weighted by Crippen LogP contribution is 2.33. The van der Waals surface area contributed by atoms with Crippen LogP contribution in [0.3, 0.4) is 0 Å². The van der Waals surface area contributed by atoms with Gasteiger partial charge >= 0.3 is 5.97 Å². The summed E-state index contributed by atoms with van der Waals surface area (Å²) in [5, 5.41) is 11.4. The first kappa shape index (κ1) is 23.6. The van der Waals surface area contributed by atoms with Crippen LogP contribution in [0.15, 0.2) is 60.7 Å². The van der Waals surface area contributed by atoms with Crippen molar-refractivity contribution in [3.05, 3.63) is 71.8 Å². The topological polar surface area (TPSA) is 46.5 Å². The van der Waals surface area contributed by atoms with Crippen molar-refractivity contribution in [1.29, 1.82) is 0 Å². The molecule has 0 amide bonds. The molecule has 0 fully saturated rings. The third kappa shape index (κ3) is 6.30. The van der Waals surface area contributed by atoms with Crippen LogP contribution in [0.25, 0.3) is 0 Å². The van der Waals surface area contributed by atoms with Gasteiger partial charge in [0.15, 0.2) is 0 Å². The van der Waals surface area contributed by atoms with Gasteiger partial charge in [-0.15, -0.1) is 0 Å². The quantitative estimate of drug-likeness (QED) is 0.318. The number of hydrogen-bond acceptors (Lipinski definition) is 3. The molecule has 1 N–H and O–H groups in total. The van der Waals surface area contributed by atoms with Crippen LogP contribution in [0.4, 0.5) is 0 Å². The molecule has 0 aliphatic heterocycles. The molecule has 0 aliphatic rings. The first-order chi connectivity index (χ1) is 12.4. The van der Waals surface area contributed by atoms with Crippen LogP contribution in [0, 0.1) is 0 Å². The Bertz CT molecular complexity index is 648. The average molecular weight is 483 g/mol. The summed E-state index contributed by atoms with van der Waals surface area (Å²) >= 11 is 0. The molecule has 0 bridgehead atoms. The molecule has 0 unspecified atom stereocenters. The molecule has 0 saturated carbocycles. The predicted octanol–water partition coefficient (Wildman–Crippen LogP) is 0.346. The maximum absolute atomic E-state index is 12.5. The van der Waals surface area contributed by atoms with Gasteiger partial charge in [-0.3, -0.25) is 4.79 Å². The number of rotatable bonds is 9. The van der Waals surface area contributed by atoms with E-state index in [0.717, 1.165) is 24.1 Å². The number of halogens is 1. The fourth-order valence-electron chi connectivity index (χ4n) is 2.98. The second kappa shape index (κ2) is 10.8. The number of quaternary nitrogens is 1. The van der Waals surface area contributed by atoms with E-state index in [-0.39, 0.29) is 36.4 Å². The van der Waals surface area contributed by atoms with Crippen LogP contribution >= 0.6 is 0 Å². The van der Waals surface area contributed by atoms with E-state index in [4.69, 9.17) is 4.74 Å². The van der Waals surface area contributed by atoms with Gasteiger partial charge in [-0.2, -0.15) is 0 Å². The van der Waals surface area contributed by atoms with Gasteiger partial charge in [0.05, 0.1) is 26.6 Å². The second-order valence-electron chi connectivity index (χ2n) is 6.97. The van der Waals surface area contributed by atoms with Crippen molar-refractivity contribution in [3.63, 3.8) is 0 Å². The van der Waals surface area contributed by atoms with Crippen molar-refractivity contribution in [2.45, 2.75) is 25.9 Å². The van der Waals surface area contributed by atoms with Crippen molar-refractivity contribution in [1.82, 2.24) is 0 Å². The third-order valence-electron chi connectivity index (χ3n) is 5.32. The summed E-state index contributed by atoms with van der Waals surface area (Å²) < 4.78 is 6.32. The van der Waals surface area contributed by atoms with Crippen molar-refractivity contribution < 1.29 is 43.1 Å². The van der Waals surface area contributed by atoms with E-state index in [0.29, 0.717) is 17.7 Å². The Morgan fingerprint density at radius 1 is 0.963 bits per heavy atom. The van der Waals surface area contributed by atoms with Gasteiger partial charge in [0.25, 0.3) is 0 Å². The van der Waals surface area contributed by atoms with E-state index < -0.39 is 5.60 Å². The average Bonchev–Trinajstić information content (AvgIpc) is 2.69. The number of nitrogens with zero attached hydrogens (tertiary/aromatic N) is 1. The minimum absolute atomic E-state index is 0. The van der Waals surface area contributed by atoms with E-state index >= 15 is 0 Å². The van der Waals surface area contributed by atoms with Gasteiger partial charge in [0, 0.05) is 0 Å². The smallest absolute Gasteiger partial charge is 0.309 e. The first-order valence-corrected chi connectivity index (χ1v) is 9.26. The SMILES string of the molecule is CC[N+](C)(CC)CCOC(=O)CC(O)(c1ccccc1)c1ccccc1.[I-]. The highest BCUT2D eigenvalue weighted by atomic mass is 127. The van der Waals surface area contributed by atoms with Crippen LogP contribution in [-0.4, -0.2) is 48.8 Å². The van der Waals surface area contributed by atoms with E-state index in [1.165, 1.54) is 0 Å². The molecule has 0 atom stereocenters. The Balaban J connectivity index is 0.00000364. The molecule has 0 aromatic heterocycles. The summed E-state index contributed by atoms with van der Waals surface area (Å²) in [5.74, 6) is -0.390. The lowest BCUT2D eigenvalue weighted by molar-refractivity contribution is -0.906. The molecule has 148 valence electrons. The van der Waals surface area contributed by atoms with Gasteiger partial charge in [-0.1, -0.05) is 60.7 Å². The molecule has 2 aromatic rings. The number of likely N-dealkylation sites (N-methyl/N-ethyl adjacent to an activating group) is 1. The molecule has 0 spiro atoms. The largest absolute Gasteiger partial charge is 1.00 e. The van der Waals surface area contributed by atoms with E-state index in [1.807, 2.05) is 60.7 Å². The highest BCUT2D eigenvalue weighted by Gasteiger charge is 2.35. The maximum Gasteiger partial charge on any atom is 0.309 e. The Morgan fingerprint density at radius 3 is 1.81 bits per heavy atom. The molecule has 5 heteroatoms. The van der Waals surface area contributed by atoms with Gasteiger partial charge in [0.2, 0.25) is 0 Å². The summed E-state index contributed by atoms with van der Waals surface area (Å²) in [4.78, 5) is 12.5. The summed E-state index contributed by atoms with van der Waals surface area (Å²) in [7, 11) is 2.15. The number of ether oxygens (including phenoxy) is 1. The molecule has 0 aliphatic carbocycles. The number of aliphatic hydroxyl groups is 1. The first-order valence-electron chi connectivity index (χ1n) is 9.26. The van der Waals surface area contributed by atoms with Crippen molar-refractivity contribution in [3.8, 4) is 0 Å². The van der Waals surface area contributed by atoms with Crippen molar-refractivity contribution in [2.75, 3.05) is 33.3 Å². The summed E-state index contributed by atoms with van der Waals surface area (Å²) in [6.45, 7) is 7.38. The van der Waals surface area contributed by atoms with Crippen LogP contribution in [-0.2, 0) is 15.1 Å². The molecule has 4 nitrogen and oxygen atoms in total. The maximum atomic E-state index is 12.5. The minimum atomic E-state index is -1.40. The van der Waals surface area contributed by atoms with Crippen molar-refractivity contribution in [2.24, 2.45) is 0 Å². The van der Waals surface area contributed by atoms with E-state index in [2.05, 4.69) is 20.9 Å². The van der Waals surface area contributed by atoms with Gasteiger partial charge in [0.1, 0.15) is 18.8 Å². The van der Waals surface area contributed by atoms with Crippen molar-refractivity contribution >= 4 is 5.97 Å². The fraction of sp³-hybridized carbons (Fsp3) is 0.409. The molecule has 27 heavy (non-hydrogen) atoms. The van der Waals surface area contributed by atoms with Crippen LogP contribution < -0.4 is 24.0 Å². The molecular formula is C22H30INO3. The fourth-order valence-corrected chi connectivity index (χ4v) is 2.98. The Labute approximate surface area is 179 Å². The van der Waals surface area contributed by atoms with Crippen LogP contribution in [0.5, 0.6) is 0 Å². The molecule has 0 heterocycles. The van der Waals surface area contributed by atoms with E-state index in [9.17, 15) is 9.90 Å². The predicted molar refractivity (Wildman–Crippen MR) is 104 cm³/mol. The number of hydrogen-bond donors (Lipinski definition) is 1. The summed E-state index contributed by atoms with van der Waals surface area (Å²) in [6.07, 6.45) is -0.108. The molecule has 2 aromatic carbocycles. The van der Waals surface area contributed by atoms with Crippen LogP contribution in [0.2, 0.25) is 0 Å². The van der Waals surface area contributed by atoms with Crippen LogP contribution in [0.1, 0.15) is 31.4 Å². The van der Waals surface area contributed by atoms with Gasteiger partial charge < -0.3 is 38.3 Å². The lowest BCUT2D eigenvalue weighted by Gasteiger charge is -2.32. The highest BCUT2D eigenvalue weighted by molar-refractivity contribution is 5.72. The Kier molecular flexibility index (Phi) is 9.42. The standard InChI is InChI=1S/C22H30NO3.HI/c1-4-23(3,5-2)16-17-26-21(24)18-22(25,19-12-8-6-9-13-19)20-14-10-7-11-15-20;/h6-15,25H,4-5,16-18H2,1-3H3;1H/q+1;/p-1. The normalized spacial score (nSPS) is 11.6.